The van der Waals surface area contributed by atoms with Gasteiger partial charge < -0.3 is 4.74 Å². The SMILES string of the molecule is CCCCCC1CCC(c2ccc(C3CCC(OC(F)(F)c4cc(F)c(C#Cc5cc(F)c(F)c(F)c5)c(F)c4)CC3)c(F)c2)CC1. The fourth-order valence-corrected chi connectivity index (χ4v) is 6.99. The summed E-state index contributed by atoms with van der Waals surface area (Å²) < 4.78 is 120. The van der Waals surface area contributed by atoms with Crippen LogP contribution in [-0.4, -0.2) is 6.10 Å². The van der Waals surface area contributed by atoms with Gasteiger partial charge in [-0.3, -0.25) is 0 Å². The second-order valence-electron chi connectivity index (χ2n) is 12.9. The van der Waals surface area contributed by atoms with Gasteiger partial charge in [0, 0.05) is 5.56 Å². The van der Waals surface area contributed by atoms with Crippen LogP contribution in [0.15, 0.2) is 42.5 Å². The topological polar surface area (TPSA) is 9.23 Å². The molecule has 5 rings (SSSR count). The van der Waals surface area contributed by atoms with Crippen LogP contribution < -0.4 is 0 Å². The number of ether oxygens (including phenoxy) is 1. The fraction of sp³-hybridized carbons (Fsp3) is 0.474. The van der Waals surface area contributed by atoms with Gasteiger partial charge in [-0.25, -0.2) is 26.3 Å². The minimum Gasteiger partial charge on any atom is -0.313 e. The molecule has 9 heteroatoms. The maximum Gasteiger partial charge on any atom is 0.383 e. The molecule has 2 fully saturated rings. The number of hydrogen-bond donors (Lipinski definition) is 0. The van der Waals surface area contributed by atoms with Crippen molar-refractivity contribution in [2.45, 2.75) is 108 Å². The van der Waals surface area contributed by atoms with Crippen molar-refractivity contribution in [2.24, 2.45) is 5.92 Å². The number of unbranched alkanes of at least 4 members (excludes halogenated alkanes) is 2. The lowest BCUT2D eigenvalue weighted by Crippen LogP contribution is -2.29. The Morgan fingerprint density at radius 1 is 0.681 bits per heavy atom. The van der Waals surface area contributed by atoms with Crippen molar-refractivity contribution in [3.63, 3.8) is 0 Å². The fourth-order valence-electron chi connectivity index (χ4n) is 6.99. The van der Waals surface area contributed by atoms with Gasteiger partial charge in [0.25, 0.3) is 0 Å². The van der Waals surface area contributed by atoms with Crippen molar-refractivity contribution >= 4 is 0 Å². The second-order valence-corrected chi connectivity index (χ2v) is 12.9. The Labute approximate surface area is 270 Å². The van der Waals surface area contributed by atoms with Gasteiger partial charge in [-0.2, -0.15) is 8.78 Å². The summed E-state index contributed by atoms with van der Waals surface area (Å²) in [5, 5.41) is 0. The number of benzene rings is 3. The highest BCUT2D eigenvalue weighted by Crippen LogP contribution is 2.42. The molecule has 0 N–H and O–H groups in total. The zero-order valence-electron chi connectivity index (χ0n) is 26.3. The number of hydrogen-bond acceptors (Lipinski definition) is 1. The van der Waals surface area contributed by atoms with Crippen LogP contribution in [0.1, 0.15) is 124 Å². The summed E-state index contributed by atoms with van der Waals surface area (Å²) in [6.45, 7) is 2.21. The highest BCUT2D eigenvalue weighted by atomic mass is 19.3. The molecule has 0 aromatic heterocycles. The minimum atomic E-state index is -4.03. The lowest BCUT2D eigenvalue weighted by atomic mass is 9.76. The van der Waals surface area contributed by atoms with E-state index in [0.29, 0.717) is 48.6 Å². The van der Waals surface area contributed by atoms with Crippen LogP contribution >= 0.6 is 0 Å². The Morgan fingerprint density at radius 2 is 1.30 bits per heavy atom. The summed E-state index contributed by atoms with van der Waals surface area (Å²) >= 11 is 0. The quantitative estimate of drug-likeness (QED) is 0.0959. The number of alkyl halides is 2. The molecule has 2 aliphatic carbocycles. The third-order valence-corrected chi connectivity index (χ3v) is 9.68. The summed E-state index contributed by atoms with van der Waals surface area (Å²) in [5.41, 5.74) is -0.780. The van der Waals surface area contributed by atoms with E-state index in [1.807, 2.05) is 18.1 Å². The summed E-state index contributed by atoms with van der Waals surface area (Å²) in [6.07, 6.45) is 5.83. The van der Waals surface area contributed by atoms with Crippen molar-refractivity contribution in [2.75, 3.05) is 0 Å². The van der Waals surface area contributed by atoms with E-state index in [0.717, 1.165) is 24.3 Å². The Kier molecular flexibility index (Phi) is 11.3. The summed E-state index contributed by atoms with van der Waals surface area (Å²) in [7, 11) is 0. The molecule has 0 heterocycles. The maximum atomic E-state index is 15.3. The second kappa shape index (κ2) is 15.2. The molecule has 0 aliphatic heterocycles. The Bertz CT molecular complexity index is 1560. The Balaban J connectivity index is 1.17. The molecular weight excluding hydrogens is 624 g/mol. The van der Waals surface area contributed by atoms with Gasteiger partial charge in [0.2, 0.25) is 0 Å². The molecule has 2 aliphatic rings. The first-order valence-corrected chi connectivity index (χ1v) is 16.5. The van der Waals surface area contributed by atoms with Crippen molar-refractivity contribution < 1.29 is 39.9 Å². The molecule has 1 nitrogen and oxygen atoms in total. The first-order valence-electron chi connectivity index (χ1n) is 16.5. The van der Waals surface area contributed by atoms with Crippen LogP contribution in [0.5, 0.6) is 0 Å². The van der Waals surface area contributed by atoms with Crippen LogP contribution in [-0.2, 0) is 10.8 Å². The van der Waals surface area contributed by atoms with Gasteiger partial charge in [-0.05, 0) is 111 Å². The van der Waals surface area contributed by atoms with E-state index in [9.17, 15) is 22.0 Å². The molecule has 2 saturated carbocycles. The van der Waals surface area contributed by atoms with Crippen molar-refractivity contribution in [3.05, 3.63) is 105 Å². The predicted molar refractivity (Wildman–Crippen MR) is 164 cm³/mol. The van der Waals surface area contributed by atoms with E-state index in [-0.39, 0.29) is 24.6 Å². The van der Waals surface area contributed by atoms with Crippen molar-refractivity contribution in [1.82, 2.24) is 0 Å². The number of halogens is 8. The van der Waals surface area contributed by atoms with Crippen LogP contribution in [0.2, 0.25) is 0 Å². The highest BCUT2D eigenvalue weighted by molar-refractivity contribution is 5.45. The first kappa shape index (κ1) is 34.9. The van der Waals surface area contributed by atoms with E-state index in [4.69, 9.17) is 4.74 Å². The molecule has 0 radical (unpaired) electrons. The normalized spacial score (nSPS) is 21.7. The largest absolute Gasteiger partial charge is 0.383 e. The summed E-state index contributed by atoms with van der Waals surface area (Å²) in [4.78, 5) is 0. The van der Waals surface area contributed by atoms with Crippen LogP contribution in [0.4, 0.5) is 35.1 Å². The first-order chi connectivity index (χ1) is 22.4. The highest BCUT2D eigenvalue weighted by Gasteiger charge is 2.39. The van der Waals surface area contributed by atoms with Gasteiger partial charge >= 0.3 is 6.11 Å². The van der Waals surface area contributed by atoms with E-state index in [1.165, 1.54) is 38.5 Å². The van der Waals surface area contributed by atoms with Gasteiger partial charge in [0.05, 0.1) is 17.2 Å². The van der Waals surface area contributed by atoms with Gasteiger partial charge in [-0.15, -0.1) is 0 Å². The molecule has 0 amide bonds. The van der Waals surface area contributed by atoms with Crippen LogP contribution in [0.25, 0.3) is 0 Å². The zero-order chi connectivity index (χ0) is 33.7. The van der Waals surface area contributed by atoms with Crippen LogP contribution in [0.3, 0.4) is 0 Å². The van der Waals surface area contributed by atoms with Crippen molar-refractivity contribution in [1.29, 1.82) is 0 Å². The standard InChI is InChI=1S/C38H38F8O/c1-2-3-4-5-23-6-9-25(10-7-23)27-13-17-30(32(39)20-27)26-11-14-29(15-12-26)47-38(45,46)28-21-33(40)31(34(41)22-28)16-8-24-18-35(42)37(44)36(43)19-24/h13,17-23,25-26,29H,2-7,9-12,14-15H2,1H3. The Morgan fingerprint density at radius 3 is 1.89 bits per heavy atom. The van der Waals surface area contributed by atoms with E-state index >= 15 is 13.2 Å². The molecular formula is C38H38F8O. The minimum absolute atomic E-state index is 0.150. The monoisotopic (exact) mass is 662 g/mol. The molecule has 47 heavy (non-hydrogen) atoms. The molecule has 3 aromatic rings. The smallest absolute Gasteiger partial charge is 0.313 e. The molecule has 0 spiro atoms. The summed E-state index contributed by atoms with van der Waals surface area (Å²) in [6, 6.07) is 7.33. The van der Waals surface area contributed by atoms with Gasteiger partial charge in [0.15, 0.2) is 17.5 Å². The van der Waals surface area contributed by atoms with E-state index in [1.54, 1.807) is 6.07 Å². The van der Waals surface area contributed by atoms with Gasteiger partial charge in [0.1, 0.15) is 17.5 Å². The lowest BCUT2D eigenvalue weighted by molar-refractivity contribution is -0.277. The van der Waals surface area contributed by atoms with Crippen molar-refractivity contribution in [3.8, 4) is 11.8 Å². The maximum absolute atomic E-state index is 15.3. The number of rotatable bonds is 9. The summed E-state index contributed by atoms with van der Waals surface area (Å²) in [5.74, 6) is -2.85. The molecule has 0 unspecified atom stereocenters. The predicted octanol–water partition coefficient (Wildman–Crippen LogP) is 11.6. The molecule has 252 valence electrons. The third-order valence-electron chi connectivity index (χ3n) is 9.68. The van der Waals surface area contributed by atoms with Crippen LogP contribution in [0, 0.1) is 52.7 Å². The average molecular weight is 663 g/mol. The van der Waals surface area contributed by atoms with Gasteiger partial charge in [-0.1, -0.05) is 56.6 Å². The van der Waals surface area contributed by atoms with E-state index in [2.05, 4.69) is 12.8 Å². The zero-order valence-corrected chi connectivity index (χ0v) is 26.3. The van der Waals surface area contributed by atoms with E-state index < -0.39 is 58.0 Å². The lowest BCUT2D eigenvalue weighted by Gasteiger charge is -2.32. The Hall–Kier alpha value is -3.38. The average Bonchev–Trinajstić information content (AvgIpc) is 3.04. The third kappa shape index (κ3) is 8.56. The molecule has 0 saturated heterocycles. The molecule has 0 bridgehead atoms. The molecule has 3 aromatic carbocycles. The molecule has 0 atom stereocenters.